The van der Waals surface area contributed by atoms with Gasteiger partial charge in [-0.3, -0.25) is 0 Å². The molecule has 11 heavy (non-hydrogen) atoms. The molecule has 3 heteroatoms. The van der Waals surface area contributed by atoms with Gasteiger partial charge in [0.15, 0.2) is 0 Å². The fourth-order valence-electron chi connectivity index (χ4n) is 1.07. The van der Waals surface area contributed by atoms with E-state index in [2.05, 4.69) is 12.2 Å². The van der Waals surface area contributed by atoms with Crippen LogP contribution in [-0.4, -0.2) is 31.3 Å². The summed E-state index contributed by atoms with van der Waals surface area (Å²) in [6.45, 7) is 6.57. The highest BCUT2D eigenvalue weighted by Gasteiger charge is 2.05. The van der Waals surface area contributed by atoms with E-state index < -0.39 is 8.41 Å². The Morgan fingerprint density at radius 2 is 2.09 bits per heavy atom. The van der Waals surface area contributed by atoms with Crippen LogP contribution in [0.2, 0.25) is 12.6 Å². The predicted molar refractivity (Wildman–Crippen MR) is 52.5 cm³/mol. The minimum atomic E-state index is -0.420. The van der Waals surface area contributed by atoms with Crippen LogP contribution in [0.3, 0.4) is 0 Å². The number of hydrogen-bond acceptors (Lipinski definition) is 2. The minimum absolute atomic E-state index is 0.140. The summed E-state index contributed by atoms with van der Waals surface area (Å²) in [5.74, 6) is 0. The van der Waals surface area contributed by atoms with Crippen molar-refractivity contribution in [2.24, 2.45) is 5.73 Å². The number of aliphatic hydroxyl groups excluding tert-OH is 1. The van der Waals surface area contributed by atoms with Gasteiger partial charge in [0.2, 0.25) is 0 Å². The molecule has 0 aliphatic heterocycles. The summed E-state index contributed by atoms with van der Waals surface area (Å²) < 4.78 is 0. The van der Waals surface area contributed by atoms with Crippen molar-refractivity contribution in [2.45, 2.75) is 38.4 Å². The van der Waals surface area contributed by atoms with Gasteiger partial charge in [0.25, 0.3) is 0 Å². The number of aliphatic hydroxyl groups is 1. The first kappa shape index (κ1) is 11.0. The third kappa shape index (κ3) is 7.91. The normalized spacial score (nSPS) is 13.7. The van der Waals surface area contributed by atoms with Gasteiger partial charge in [-0.1, -0.05) is 12.2 Å². The highest BCUT2D eigenvalue weighted by molar-refractivity contribution is 6.65. The van der Waals surface area contributed by atoms with Gasteiger partial charge in [-0.05, 0) is 26.3 Å². The summed E-state index contributed by atoms with van der Waals surface area (Å²) in [5, 5.41) is 8.58. The largest absolute Gasteiger partial charge is 0.396 e. The summed E-state index contributed by atoms with van der Waals surface area (Å²) >= 11 is 0. The van der Waals surface area contributed by atoms with E-state index in [4.69, 9.17) is 10.8 Å². The van der Waals surface area contributed by atoms with Gasteiger partial charge in [-0.15, -0.1) is 0 Å². The third-order valence-corrected chi connectivity index (χ3v) is 3.73. The molecule has 0 amide bonds. The Labute approximate surface area is 70.6 Å². The lowest BCUT2D eigenvalue weighted by Crippen LogP contribution is -2.36. The first-order valence-electron chi connectivity index (χ1n) is 4.04. The second-order valence-corrected chi connectivity index (χ2v) is 6.12. The molecule has 0 fully saturated rings. The SMILES string of the molecule is C[Si](=CC(C)(C)N)CCCO. The van der Waals surface area contributed by atoms with Crippen molar-refractivity contribution in [2.75, 3.05) is 6.61 Å². The van der Waals surface area contributed by atoms with E-state index in [0.717, 1.165) is 12.5 Å². The lowest BCUT2D eigenvalue weighted by molar-refractivity contribution is 0.295. The van der Waals surface area contributed by atoms with Gasteiger partial charge in [0.05, 0.1) is 0 Å². The van der Waals surface area contributed by atoms with Crippen LogP contribution in [0.1, 0.15) is 20.3 Å². The lowest BCUT2D eigenvalue weighted by atomic mass is 10.1. The van der Waals surface area contributed by atoms with Crippen LogP contribution in [-0.2, 0) is 0 Å². The predicted octanol–water partition coefficient (Wildman–Crippen LogP) is 0.615. The summed E-state index contributed by atoms with van der Waals surface area (Å²) in [5.41, 5.74) is 7.90. The molecule has 0 aliphatic carbocycles. The van der Waals surface area contributed by atoms with Crippen LogP contribution in [0.5, 0.6) is 0 Å². The molecule has 0 atom stereocenters. The highest BCUT2D eigenvalue weighted by atomic mass is 28.2. The van der Waals surface area contributed by atoms with Crippen molar-refractivity contribution < 1.29 is 5.11 Å². The van der Waals surface area contributed by atoms with E-state index in [0.29, 0.717) is 6.61 Å². The van der Waals surface area contributed by atoms with Gasteiger partial charge >= 0.3 is 0 Å². The van der Waals surface area contributed by atoms with Crippen LogP contribution >= 0.6 is 0 Å². The fraction of sp³-hybridized carbons (Fsp3) is 0.875. The Morgan fingerprint density at radius 1 is 1.55 bits per heavy atom. The summed E-state index contributed by atoms with van der Waals surface area (Å²) in [6.07, 6.45) is 0.914. The third-order valence-electron chi connectivity index (χ3n) is 1.35. The molecular formula is C8H19NOSi. The monoisotopic (exact) mass is 173 g/mol. The van der Waals surface area contributed by atoms with Crippen LogP contribution in [0, 0.1) is 0 Å². The van der Waals surface area contributed by atoms with Crippen LogP contribution in [0.4, 0.5) is 0 Å². The van der Waals surface area contributed by atoms with E-state index in [1.165, 1.54) is 0 Å². The molecular weight excluding hydrogens is 154 g/mol. The number of rotatable bonds is 4. The van der Waals surface area contributed by atoms with Crippen molar-refractivity contribution in [1.82, 2.24) is 0 Å². The average Bonchev–Trinajstić information content (AvgIpc) is 1.79. The van der Waals surface area contributed by atoms with Crippen molar-refractivity contribution >= 4 is 14.1 Å². The molecule has 0 aromatic heterocycles. The Kier molecular flexibility index (Phi) is 4.80. The average molecular weight is 173 g/mol. The summed E-state index contributed by atoms with van der Waals surface area (Å²) in [6, 6.07) is 1.13. The van der Waals surface area contributed by atoms with Gasteiger partial charge in [0, 0.05) is 20.6 Å². The van der Waals surface area contributed by atoms with E-state index in [-0.39, 0.29) is 5.54 Å². The molecule has 0 bridgehead atoms. The van der Waals surface area contributed by atoms with Crippen LogP contribution in [0.25, 0.3) is 0 Å². The van der Waals surface area contributed by atoms with E-state index in [9.17, 15) is 0 Å². The van der Waals surface area contributed by atoms with Gasteiger partial charge in [-0.2, -0.15) is 0 Å². The molecule has 0 unspecified atom stereocenters. The zero-order valence-electron chi connectivity index (χ0n) is 7.72. The topological polar surface area (TPSA) is 46.2 Å². The van der Waals surface area contributed by atoms with Crippen molar-refractivity contribution in [3.05, 3.63) is 0 Å². The first-order chi connectivity index (χ1) is 4.95. The molecule has 0 aromatic carbocycles. The molecule has 0 aromatic rings. The molecule has 2 nitrogen and oxygen atoms in total. The smallest absolute Gasteiger partial charge is 0.0431 e. The second kappa shape index (κ2) is 4.80. The second-order valence-electron chi connectivity index (χ2n) is 3.64. The minimum Gasteiger partial charge on any atom is -0.396 e. The Morgan fingerprint density at radius 3 is 2.45 bits per heavy atom. The maximum absolute atomic E-state index is 8.58. The Hall–Kier alpha value is 0.00688. The van der Waals surface area contributed by atoms with Crippen molar-refractivity contribution in [3.8, 4) is 0 Å². The molecule has 3 N–H and O–H groups in total. The molecule has 0 saturated heterocycles. The van der Waals surface area contributed by atoms with Crippen LogP contribution < -0.4 is 5.73 Å². The number of hydrogen-bond donors (Lipinski definition) is 2. The Balaban J connectivity index is 3.81. The maximum atomic E-state index is 8.58. The van der Waals surface area contributed by atoms with Gasteiger partial charge in [-0.25, -0.2) is 0 Å². The molecule has 0 spiro atoms. The molecule has 0 saturated carbocycles. The molecule has 0 rings (SSSR count). The zero-order chi connectivity index (χ0) is 8.91. The number of nitrogens with two attached hydrogens (primary N) is 1. The van der Waals surface area contributed by atoms with Gasteiger partial charge < -0.3 is 10.8 Å². The first-order valence-corrected chi connectivity index (χ1v) is 6.32. The molecule has 66 valence electrons. The van der Waals surface area contributed by atoms with Gasteiger partial charge in [0.1, 0.15) is 0 Å². The zero-order valence-corrected chi connectivity index (χ0v) is 8.72. The van der Waals surface area contributed by atoms with Crippen LogP contribution in [0.15, 0.2) is 0 Å². The quantitative estimate of drug-likeness (QED) is 0.612. The molecule has 0 radical (unpaired) electrons. The lowest BCUT2D eigenvalue weighted by Gasteiger charge is -2.14. The summed E-state index contributed by atoms with van der Waals surface area (Å²) in [4.78, 5) is 0. The highest BCUT2D eigenvalue weighted by Crippen LogP contribution is 1.95. The summed E-state index contributed by atoms with van der Waals surface area (Å²) in [7, 11) is -0.420. The van der Waals surface area contributed by atoms with Crippen molar-refractivity contribution in [3.63, 3.8) is 0 Å². The van der Waals surface area contributed by atoms with E-state index in [1.54, 1.807) is 0 Å². The van der Waals surface area contributed by atoms with E-state index in [1.807, 2.05) is 13.8 Å². The maximum Gasteiger partial charge on any atom is 0.0431 e. The fourth-order valence-corrected chi connectivity index (χ4v) is 3.20. The molecule has 0 heterocycles. The van der Waals surface area contributed by atoms with Crippen molar-refractivity contribution in [1.29, 1.82) is 0 Å². The standard InChI is InChI=1S/C8H19NOSi/c1-8(2,9)7-11(3)6-4-5-10/h7,10H,4-6,9H2,1-3H3. The van der Waals surface area contributed by atoms with E-state index >= 15 is 0 Å². The Bertz CT molecular complexity index is 138. The molecule has 0 aliphatic rings.